The van der Waals surface area contributed by atoms with Gasteiger partial charge in [0, 0.05) is 0 Å². The van der Waals surface area contributed by atoms with Crippen molar-refractivity contribution >= 4 is 5.91 Å². The van der Waals surface area contributed by atoms with Gasteiger partial charge in [-0.2, -0.15) is 0 Å². The molecule has 0 spiro atoms. The largest absolute Gasteiger partial charge is 0.306 e. The van der Waals surface area contributed by atoms with Crippen LogP contribution in [0.5, 0.6) is 0 Å². The zero-order chi connectivity index (χ0) is 10.5. The van der Waals surface area contributed by atoms with Crippen LogP contribution in [0.3, 0.4) is 0 Å². The average molecular weight is 212 g/mol. The third-order valence-electron chi connectivity index (χ3n) is 3.26. The summed E-state index contributed by atoms with van der Waals surface area (Å²) < 4.78 is 0. The van der Waals surface area contributed by atoms with Gasteiger partial charge in [0.25, 0.3) is 5.91 Å². The first kappa shape index (κ1) is 10.9. The molecule has 0 bridgehead atoms. The summed E-state index contributed by atoms with van der Waals surface area (Å²) in [4.78, 5) is 17.0. The van der Waals surface area contributed by atoms with Crippen LogP contribution in [0.2, 0.25) is 0 Å². The molecule has 2 aliphatic rings. The van der Waals surface area contributed by atoms with Gasteiger partial charge in [-0.15, -0.1) is 0 Å². The number of hydrogen-bond donors (Lipinski definition) is 2. The van der Waals surface area contributed by atoms with E-state index in [0.29, 0.717) is 0 Å². The second kappa shape index (κ2) is 5.47. The summed E-state index contributed by atoms with van der Waals surface area (Å²) in [5.41, 5.74) is 2.59. The first-order chi connectivity index (χ1) is 7.36. The Balaban J connectivity index is 1.66. The van der Waals surface area contributed by atoms with E-state index in [9.17, 15) is 4.79 Å². The van der Waals surface area contributed by atoms with Gasteiger partial charge in [-0.1, -0.05) is 19.3 Å². The van der Waals surface area contributed by atoms with Crippen LogP contribution in [0, 0.1) is 0 Å². The van der Waals surface area contributed by atoms with Gasteiger partial charge in [0.05, 0.1) is 12.1 Å². The van der Waals surface area contributed by atoms with Gasteiger partial charge < -0.3 is 5.32 Å². The molecule has 1 amide bonds. The van der Waals surface area contributed by atoms with E-state index in [1.807, 2.05) is 0 Å². The minimum atomic E-state index is -0.0415. The fourth-order valence-electron chi connectivity index (χ4n) is 2.29. The Labute approximate surface area is 90.7 Å². The van der Waals surface area contributed by atoms with Crippen molar-refractivity contribution < 1.29 is 9.63 Å². The molecule has 86 valence electrons. The summed E-state index contributed by atoms with van der Waals surface area (Å²) in [6, 6.07) is -0.0415. The third kappa shape index (κ3) is 3.18. The maximum Gasteiger partial charge on any atom is 0.260 e. The first-order valence-electron chi connectivity index (χ1n) is 6.05. The average Bonchev–Trinajstić information content (AvgIpc) is 2.80. The van der Waals surface area contributed by atoms with Crippen molar-refractivity contribution in [3.8, 4) is 0 Å². The summed E-state index contributed by atoms with van der Waals surface area (Å²) >= 11 is 0. The number of carbonyl (C=O) groups is 1. The Bertz CT molecular complexity index is 209. The number of rotatable bonds is 3. The molecule has 2 fully saturated rings. The van der Waals surface area contributed by atoms with Crippen molar-refractivity contribution in [1.29, 1.82) is 0 Å². The Morgan fingerprint density at radius 2 is 1.87 bits per heavy atom. The summed E-state index contributed by atoms with van der Waals surface area (Å²) in [6.07, 6.45) is 8.10. The van der Waals surface area contributed by atoms with E-state index in [4.69, 9.17) is 4.84 Å². The van der Waals surface area contributed by atoms with Crippen molar-refractivity contribution in [2.24, 2.45) is 0 Å². The first-order valence-corrected chi connectivity index (χ1v) is 6.05. The second-order valence-corrected chi connectivity index (χ2v) is 4.49. The molecule has 4 nitrogen and oxygen atoms in total. The lowest BCUT2D eigenvalue weighted by atomic mass is 10.1. The number of amides is 1. The number of carbonyl (C=O) groups excluding carboxylic acids is 1. The highest BCUT2D eigenvalue weighted by molar-refractivity contribution is 5.80. The molecule has 1 aliphatic heterocycles. The normalized spacial score (nSPS) is 27.9. The standard InChI is InChI=1S/C11H20N2O2/c14-11(10-7-3-4-8-12-10)13-15-9-5-1-2-6-9/h9-10,12H,1-8H2,(H,13,14)/t10-/m1/s1. The molecule has 4 heteroatoms. The van der Waals surface area contributed by atoms with E-state index in [0.717, 1.165) is 32.2 Å². The molecular weight excluding hydrogens is 192 g/mol. The molecule has 15 heavy (non-hydrogen) atoms. The molecule has 1 heterocycles. The molecule has 0 aromatic carbocycles. The molecule has 1 saturated heterocycles. The van der Waals surface area contributed by atoms with Crippen molar-refractivity contribution in [2.75, 3.05) is 6.54 Å². The smallest absolute Gasteiger partial charge is 0.260 e. The van der Waals surface area contributed by atoms with Gasteiger partial charge in [0.2, 0.25) is 0 Å². The minimum absolute atomic E-state index is 0.00148. The quantitative estimate of drug-likeness (QED) is 0.689. The zero-order valence-electron chi connectivity index (χ0n) is 9.13. The Hall–Kier alpha value is -0.610. The van der Waals surface area contributed by atoms with Crippen molar-refractivity contribution in [2.45, 2.75) is 57.1 Å². The SMILES string of the molecule is O=C(NOC1CCCC1)[C@H]1CCCCN1. The van der Waals surface area contributed by atoms with Crippen LogP contribution in [0.1, 0.15) is 44.9 Å². The van der Waals surface area contributed by atoms with Crippen molar-refractivity contribution in [3.63, 3.8) is 0 Å². The van der Waals surface area contributed by atoms with Gasteiger partial charge in [-0.25, -0.2) is 5.48 Å². The number of piperidine rings is 1. The summed E-state index contributed by atoms with van der Waals surface area (Å²) in [5, 5.41) is 3.20. The maximum atomic E-state index is 11.7. The van der Waals surface area contributed by atoms with E-state index in [-0.39, 0.29) is 18.1 Å². The molecule has 2 rings (SSSR count). The summed E-state index contributed by atoms with van der Waals surface area (Å²) in [6.45, 7) is 0.946. The Kier molecular flexibility index (Phi) is 3.97. The van der Waals surface area contributed by atoms with Gasteiger partial charge in [0.15, 0.2) is 0 Å². The number of hydroxylamine groups is 1. The van der Waals surface area contributed by atoms with Gasteiger partial charge in [-0.05, 0) is 32.2 Å². The Morgan fingerprint density at radius 3 is 2.53 bits per heavy atom. The maximum absolute atomic E-state index is 11.7. The highest BCUT2D eigenvalue weighted by Crippen LogP contribution is 2.20. The third-order valence-corrected chi connectivity index (χ3v) is 3.26. The summed E-state index contributed by atoms with van der Waals surface area (Å²) in [5.74, 6) is 0.00148. The van der Waals surface area contributed by atoms with Crippen LogP contribution in [-0.2, 0) is 9.63 Å². The van der Waals surface area contributed by atoms with Crippen LogP contribution in [0.4, 0.5) is 0 Å². The second-order valence-electron chi connectivity index (χ2n) is 4.49. The number of nitrogens with one attached hydrogen (secondary N) is 2. The predicted octanol–water partition coefficient (Wildman–Crippen LogP) is 1.12. The summed E-state index contributed by atoms with van der Waals surface area (Å²) in [7, 11) is 0. The van der Waals surface area contributed by atoms with Crippen LogP contribution in [0.15, 0.2) is 0 Å². The molecule has 1 atom stereocenters. The highest BCUT2D eigenvalue weighted by Gasteiger charge is 2.22. The predicted molar refractivity (Wildman–Crippen MR) is 57.1 cm³/mol. The molecule has 2 N–H and O–H groups in total. The molecular formula is C11H20N2O2. The lowest BCUT2D eigenvalue weighted by Gasteiger charge is -2.23. The molecule has 0 unspecified atom stereocenters. The highest BCUT2D eigenvalue weighted by atomic mass is 16.7. The van der Waals surface area contributed by atoms with Crippen molar-refractivity contribution in [1.82, 2.24) is 10.8 Å². The van der Waals surface area contributed by atoms with Crippen molar-refractivity contribution in [3.05, 3.63) is 0 Å². The van der Waals surface area contributed by atoms with E-state index in [2.05, 4.69) is 10.8 Å². The van der Waals surface area contributed by atoms with E-state index in [1.54, 1.807) is 0 Å². The van der Waals surface area contributed by atoms with Crippen LogP contribution < -0.4 is 10.8 Å². The topological polar surface area (TPSA) is 50.4 Å². The lowest BCUT2D eigenvalue weighted by Crippen LogP contribution is -2.47. The van der Waals surface area contributed by atoms with Gasteiger partial charge >= 0.3 is 0 Å². The monoisotopic (exact) mass is 212 g/mol. The fraction of sp³-hybridized carbons (Fsp3) is 0.909. The van der Waals surface area contributed by atoms with Crippen LogP contribution in [-0.4, -0.2) is 24.6 Å². The van der Waals surface area contributed by atoms with E-state index < -0.39 is 0 Å². The molecule has 0 aromatic rings. The molecule has 0 radical (unpaired) electrons. The van der Waals surface area contributed by atoms with Crippen LogP contribution in [0.25, 0.3) is 0 Å². The Morgan fingerprint density at radius 1 is 1.13 bits per heavy atom. The lowest BCUT2D eigenvalue weighted by molar-refractivity contribution is -0.140. The number of hydrogen-bond acceptors (Lipinski definition) is 3. The van der Waals surface area contributed by atoms with Crippen LogP contribution >= 0.6 is 0 Å². The minimum Gasteiger partial charge on any atom is -0.306 e. The molecule has 0 aromatic heterocycles. The van der Waals surface area contributed by atoms with Gasteiger partial charge in [0.1, 0.15) is 0 Å². The zero-order valence-corrected chi connectivity index (χ0v) is 9.13. The molecule has 1 saturated carbocycles. The van der Waals surface area contributed by atoms with E-state index in [1.165, 1.54) is 19.3 Å². The molecule has 1 aliphatic carbocycles. The fourth-order valence-corrected chi connectivity index (χ4v) is 2.29. The van der Waals surface area contributed by atoms with Gasteiger partial charge in [-0.3, -0.25) is 9.63 Å². The van der Waals surface area contributed by atoms with E-state index >= 15 is 0 Å².